The molecule has 0 bridgehead atoms. The lowest BCUT2D eigenvalue weighted by molar-refractivity contribution is 0.0414. The van der Waals surface area contributed by atoms with Crippen LogP contribution in [0, 0.1) is 11.8 Å². The van der Waals surface area contributed by atoms with Gasteiger partial charge in [-0.2, -0.15) is 0 Å². The first-order chi connectivity index (χ1) is 14.1. The van der Waals surface area contributed by atoms with Crippen molar-refractivity contribution in [1.29, 1.82) is 0 Å². The second kappa shape index (κ2) is 11.5. The summed E-state index contributed by atoms with van der Waals surface area (Å²) in [6, 6.07) is 0.812. The molecule has 2 saturated carbocycles. The Kier molecular flexibility index (Phi) is 9.03. The standard InChI is InChI=1S/C22H43N5O2/c1-4-27(5-2)22(28)26-19-8-6-7-18(13-19)25-21-23-14-17(15-24-21)16-9-11-20(29-3)12-10-16/h16-21,23-25H,4-15H2,1-3H3,(H,26,28). The van der Waals surface area contributed by atoms with Gasteiger partial charge >= 0.3 is 6.03 Å². The quantitative estimate of drug-likeness (QED) is 0.519. The Bertz CT molecular complexity index is 486. The molecule has 2 atom stereocenters. The normalized spacial score (nSPS) is 35.8. The van der Waals surface area contributed by atoms with E-state index in [1.54, 1.807) is 0 Å². The zero-order chi connectivity index (χ0) is 20.6. The van der Waals surface area contributed by atoms with Gasteiger partial charge in [-0.15, -0.1) is 0 Å². The average Bonchev–Trinajstić information content (AvgIpc) is 2.75. The first kappa shape index (κ1) is 22.8. The zero-order valence-electron chi connectivity index (χ0n) is 18.7. The summed E-state index contributed by atoms with van der Waals surface area (Å²) in [6.45, 7) is 7.77. The number of nitrogens with zero attached hydrogens (tertiary/aromatic N) is 1. The van der Waals surface area contributed by atoms with Gasteiger partial charge in [0.05, 0.1) is 6.10 Å². The molecule has 0 aromatic rings. The topological polar surface area (TPSA) is 77.7 Å². The molecule has 3 aliphatic rings. The molecule has 0 radical (unpaired) electrons. The van der Waals surface area contributed by atoms with Crippen molar-refractivity contribution in [3.63, 3.8) is 0 Å². The van der Waals surface area contributed by atoms with Crippen LogP contribution in [-0.2, 0) is 4.74 Å². The number of ether oxygens (including phenoxy) is 1. The maximum Gasteiger partial charge on any atom is 0.317 e. The van der Waals surface area contributed by atoms with Crippen molar-refractivity contribution >= 4 is 6.03 Å². The highest BCUT2D eigenvalue weighted by Gasteiger charge is 2.32. The van der Waals surface area contributed by atoms with E-state index in [1.807, 2.05) is 25.9 Å². The van der Waals surface area contributed by atoms with Crippen LogP contribution in [0.25, 0.3) is 0 Å². The van der Waals surface area contributed by atoms with Gasteiger partial charge in [0.2, 0.25) is 0 Å². The minimum Gasteiger partial charge on any atom is -0.381 e. The van der Waals surface area contributed by atoms with E-state index in [4.69, 9.17) is 4.74 Å². The van der Waals surface area contributed by atoms with E-state index in [1.165, 1.54) is 38.5 Å². The Hall–Kier alpha value is -0.890. The van der Waals surface area contributed by atoms with Crippen LogP contribution in [0.1, 0.15) is 65.2 Å². The van der Waals surface area contributed by atoms with Gasteiger partial charge < -0.3 is 15.0 Å². The fourth-order valence-electron chi connectivity index (χ4n) is 5.41. The molecule has 2 amide bonds. The summed E-state index contributed by atoms with van der Waals surface area (Å²) in [5.41, 5.74) is 0. The number of amides is 2. The van der Waals surface area contributed by atoms with Crippen molar-refractivity contribution in [2.45, 2.75) is 89.7 Å². The maximum absolute atomic E-state index is 12.4. The van der Waals surface area contributed by atoms with Gasteiger partial charge in [-0.3, -0.25) is 16.0 Å². The monoisotopic (exact) mass is 409 g/mol. The second-order valence-electron chi connectivity index (χ2n) is 9.13. The van der Waals surface area contributed by atoms with Crippen LogP contribution in [0.2, 0.25) is 0 Å². The number of hydrogen-bond donors (Lipinski definition) is 4. The van der Waals surface area contributed by atoms with Gasteiger partial charge in [0.1, 0.15) is 6.29 Å². The predicted octanol–water partition coefficient (Wildman–Crippen LogP) is 2.24. The van der Waals surface area contributed by atoms with Crippen molar-refractivity contribution in [3.8, 4) is 0 Å². The molecule has 0 aromatic heterocycles. The minimum atomic E-state index is 0.0839. The smallest absolute Gasteiger partial charge is 0.317 e. The van der Waals surface area contributed by atoms with E-state index in [9.17, 15) is 4.79 Å². The van der Waals surface area contributed by atoms with E-state index in [0.29, 0.717) is 12.1 Å². The van der Waals surface area contributed by atoms with Gasteiger partial charge in [0.25, 0.3) is 0 Å². The Morgan fingerprint density at radius 3 is 2.24 bits per heavy atom. The molecular weight excluding hydrogens is 366 g/mol. The Morgan fingerprint density at radius 2 is 1.62 bits per heavy atom. The van der Waals surface area contributed by atoms with Crippen molar-refractivity contribution < 1.29 is 9.53 Å². The maximum atomic E-state index is 12.4. The van der Waals surface area contributed by atoms with Gasteiger partial charge in [-0.05, 0) is 77.0 Å². The number of methoxy groups -OCH3 is 1. The highest BCUT2D eigenvalue weighted by atomic mass is 16.5. The van der Waals surface area contributed by atoms with E-state index < -0.39 is 0 Å². The fraction of sp³-hybridized carbons (Fsp3) is 0.955. The van der Waals surface area contributed by atoms with Crippen molar-refractivity contribution in [2.75, 3.05) is 33.3 Å². The van der Waals surface area contributed by atoms with Crippen molar-refractivity contribution in [1.82, 2.24) is 26.2 Å². The summed E-state index contributed by atoms with van der Waals surface area (Å²) in [7, 11) is 1.84. The minimum absolute atomic E-state index is 0.0839. The Morgan fingerprint density at radius 1 is 0.966 bits per heavy atom. The van der Waals surface area contributed by atoms with E-state index in [0.717, 1.165) is 50.9 Å². The summed E-state index contributed by atoms with van der Waals surface area (Å²) in [5.74, 6) is 1.54. The lowest BCUT2D eigenvalue weighted by Gasteiger charge is -2.41. The molecule has 7 nitrogen and oxygen atoms in total. The molecule has 168 valence electrons. The van der Waals surface area contributed by atoms with Crippen LogP contribution in [0.4, 0.5) is 4.79 Å². The first-order valence-electron chi connectivity index (χ1n) is 11.9. The third-order valence-electron chi connectivity index (χ3n) is 7.34. The predicted molar refractivity (Wildman–Crippen MR) is 117 cm³/mol. The molecular formula is C22H43N5O2. The Balaban J connectivity index is 1.37. The number of carbonyl (C=O) groups excluding carboxylic acids is 1. The molecule has 1 aliphatic heterocycles. The van der Waals surface area contributed by atoms with Gasteiger partial charge in [-0.25, -0.2) is 4.79 Å². The van der Waals surface area contributed by atoms with Gasteiger partial charge in [-0.1, -0.05) is 0 Å². The van der Waals surface area contributed by atoms with Gasteiger partial charge in [0, 0.05) is 45.4 Å². The molecule has 3 fully saturated rings. The molecule has 2 aliphatic carbocycles. The summed E-state index contributed by atoms with van der Waals surface area (Å²) in [5, 5.41) is 14.4. The molecule has 29 heavy (non-hydrogen) atoms. The van der Waals surface area contributed by atoms with E-state index >= 15 is 0 Å². The van der Waals surface area contributed by atoms with Crippen molar-refractivity contribution in [2.24, 2.45) is 11.8 Å². The van der Waals surface area contributed by atoms with Crippen LogP contribution in [0.5, 0.6) is 0 Å². The third kappa shape index (κ3) is 6.54. The summed E-state index contributed by atoms with van der Waals surface area (Å²) in [6.07, 6.45) is 10.1. The number of hydrogen-bond acceptors (Lipinski definition) is 5. The van der Waals surface area contributed by atoms with Crippen LogP contribution in [0.3, 0.4) is 0 Å². The SMILES string of the molecule is CCN(CC)C(=O)NC1CCCC(NC2NCC(C3CCC(OC)CC3)CN2)C1. The molecule has 0 aromatic carbocycles. The number of carbonyl (C=O) groups is 1. The largest absolute Gasteiger partial charge is 0.381 e. The summed E-state index contributed by atoms with van der Waals surface area (Å²) in [4.78, 5) is 14.2. The van der Waals surface area contributed by atoms with Crippen LogP contribution in [0.15, 0.2) is 0 Å². The lowest BCUT2D eigenvalue weighted by atomic mass is 9.78. The number of rotatable bonds is 7. The zero-order valence-corrected chi connectivity index (χ0v) is 18.7. The lowest BCUT2D eigenvalue weighted by Crippen LogP contribution is -2.63. The number of urea groups is 1. The average molecular weight is 410 g/mol. The van der Waals surface area contributed by atoms with E-state index in [-0.39, 0.29) is 18.4 Å². The van der Waals surface area contributed by atoms with Gasteiger partial charge in [0.15, 0.2) is 0 Å². The van der Waals surface area contributed by atoms with E-state index in [2.05, 4.69) is 21.3 Å². The van der Waals surface area contributed by atoms with Crippen LogP contribution >= 0.6 is 0 Å². The second-order valence-corrected chi connectivity index (χ2v) is 9.13. The third-order valence-corrected chi connectivity index (χ3v) is 7.34. The Labute approximate surface area is 177 Å². The molecule has 1 heterocycles. The first-order valence-corrected chi connectivity index (χ1v) is 11.9. The molecule has 7 heteroatoms. The number of nitrogens with one attached hydrogen (secondary N) is 4. The summed E-state index contributed by atoms with van der Waals surface area (Å²) < 4.78 is 5.52. The molecule has 3 rings (SSSR count). The molecule has 2 unspecified atom stereocenters. The van der Waals surface area contributed by atoms with Crippen LogP contribution < -0.4 is 21.3 Å². The molecule has 4 N–H and O–H groups in total. The highest BCUT2D eigenvalue weighted by Crippen LogP contribution is 2.31. The molecule has 0 spiro atoms. The fourth-order valence-corrected chi connectivity index (χ4v) is 5.41. The van der Waals surface area contributed by atoms with Crippen LogP contribution in [-0.4, -0.2) is 68.7 Å². The van der Waals surface area contributed by atoms with Crippen molar-refractivity contribution in [3.05, 3.63) is 0 Å². The summed E-state index contributed by atoms with van der Waals surface area (Å²) >= 11 is 0. The highest BCUT2D eigenvalue weighted by molar-refractivity contribution is 5.74. The molecule has 1 saturated heterocycles.